The molecular formula is C25H21ClFN3O2S. The van der Waals surface area contributed by atoms with Crippen LogP contribution < -0.4 is 4.90 Å². The minimum atomic E-state index is -0.507. The van der Waals surface area contributed by atoms with Crippen molar-refractivity contribution in [2.45, 2.75) is 20.8 Å². The number of benzene rings is 2. The number of hydrogen-bond donors (Lipinski definition) is 0. The molecule has 2 aromatic carbocycles. The molecule has 8 heteroatoms. The molecule has 1 fully saturated rings. The van der Waals surface area contributed by atoms with Crippen LogP contribution in [-0.2, 0) is 9.59 Å². The van der Waals surface area contributed by atoms with Crippen LogP contribution in [0.5, 0.6) is 0 Å². The number of aryl methyl sites for hydroxylation is 1. The summed E-state index contributed by atoms with van der Waals surface area (Å²) >= 11 is 11.5. The fourth-order valence-electron chi connectivity index (χ4n) is 3.97. The van der Waals surface area contributed by atoms with Gasteiger partial charge in [-0.2, -0.15) is 0 Å². The monoisotopic (exact) mass is 481 g/mol. The Balaban J connectivity index is 1.82. The van der Waals surface area contributed by atoms with Crippen LogP contribution in [0.3, 0.4) is 0 Å². The van der Waals surface area contributed by atoms with E-state index in [1.807, 2.05) is 24.5 Å². The zero-order valence-corrected chi connectivity index (χ0v) is 19.9. The van der Waals surface area contributed by atoms with Gasteiger partial charge in [-0.05, 0) is 93.2 Å². The molecule has 3 aromatic rings. The first-order valence-electron chi connectivity index (χ1n) is 10.3. The van der Waals surface area contributed by atoms with Gasteiger partial charge in [0, 0.05) is 28.6 Å². The number of likely N-dealkylation sites (N-methyl/N-ethyl adjacent to an activating group) is 1. The van der Waals surface area contributed by atoms with Gasteiger partial charge in [-0.15, -0.1) is 0 Å². The van der Waals surface area contributed by atoms with Crippen molar-refractivity contribution in [2.75, 3.05) is 11.4 Å². The van der Waals surface area contributed by atoms with Crippen molar-refractivity contribution in [1.29, 1.82) is 0 Å². The highest BCUT2D eigenvalue weighted by Gasteiger charge is 2.39. The Bertz CT molecular complexity index is 1310. The van der Waals surface area contributed by atoms with E-state index in [1.165, 1.54) is 21.9 Å². The molecule has 0 aliphatic carbocycles. The first kappa shape index (κ1) is 22.9. The molecule has 0 atom stereocenters. The van der Waals surface area contributed by atoms with Gasteiger partial charge in [0.2, 0.25) is 0 Å². The van der Waals surface area contributed by atoms with E-state index in [-0.39, 0.29) is 16.5 Å². The summed E-state index contributed by atoms with van der Waals surface area (Å²) in [6.45, 7) is 5.86. The summed E-state index contributed by atoms with van der Waals surface area (Å²) in [4.78, 5) is 29.4. The quantitative estimate of drug-likeness (QED) is 0.283. The van der Waals surface area contributed by atoms with Crippen LogP contribution in [0, 0.1) is 19.7 Å². The minimum absolute atomic E-state index is 0.0000998. The summed E-state index contributed by atoms with van der Waals surface area (Å²) in [6, 6.07) is 14.8. The third-order valence-corrected chi connectivity index (χ3v) is 6.22. The molecule has 5 nitrogen and oxygen atoms in total. The highest BCUT2D eigenvalue weighted by molar-refractivity contribution is 7.80. The Morgan fingerprint density at radius 1 is 1.00 bits per heavy atom. The molecule has 0 radical (unpaired) electrons. The predicted molar refractivity (Wildman–Crippen MR) is 132 cm³/mol. The summed E-state index contributed by atoms with van der Waals surface area (Å²) in [7, 11) is 0. The molecule has 0 spiro atoms. The minimum Gasteiger partial charge on any atom is -0.318 e. The van der Waals surface area contributed by atoms with Gasteiger partial charge in [0.25, 0.3) is 11.8 Å². The highest BCUT2D eigenvalue weighted by atomic mass is 35.5. The van der Waals surface area contributed by atoms with Crippen LogP contribution in [-0.4, -0.2) is 32.9 Å². The number of nitrogens with zero attached hydrogens (tertiary/aromatic N) is 3. The van der Waals surface area contributed by atoms with Crippen LogP contribution in [0.15, 0.2) is 60.2 Å². The summed E-state index contributed by atoms with van der Waals surface area (Å²) in [5.74, 6) is -1.30. The first-order chi connectivity index (χ1) is 15.7. The topological polar surface area (TPSA) is 45.6 Å². The molecule has 1 aliphatic rings. The maximum atomic E-state index is 13.8. The molecule has 0 N–H and O–H groups in total. The third kappa shape index (κ3) is 4.10. The number of anilines is 1. The summed E-state index contributed by atoms with van der Waals surface area (Å²) in [6.07, 6.45) is 1.58. The molecule has 1 saturated heterocycles. The van der Waals surface area contributed by atoms with Crippen LogP contribution in [0.1, 0.15) is 23.9 Å². The predicted octanol–water partition coefficient (Wildman–Crippen LogP) is 5.45. The number of thiocarbonyl (C=S) groups is 1. The molecule has 0 bridgehead atoms. The van der Waals surface area contributed by atoms with Crippen LogP contribution in [0.4, 0.5) is 10.1 Å². The largest absolute Gasteiger partial charge is 0.318 e. The fourth-order valence-corrected chi connectivity index (χ4v) is 4.50. The second-order valence-corrected chi connectivity index (χ2v) is 8.45. The van der Waals surface area contributed by atoms with Crippen LogP contribution in [0.2, 0.25) is 5.02 Å². The lowest BCUT2D eigenvalue weighted by molar-refractivity contribution is -0.127. The lowest BCUT2D eigenvalue weighted by Gasteiger charge is -2.36. The van der Waals surface area contributed by atoms with Gasteiger partial charge in [0.05, 0.1) is 5.69 Å². The lowest BCUT2D eigenvalue weighted by Crippen LogP contribution is -2.56. The van der Waals surface area contributed by atoms with Crippen molar-refractivity contribution in [3.8, 4) is 5.69 Å². The summed E-state index contributed by atoms with van der Waals surface area (Å²) in [5, 5.41) is 0.648. The zero-order chi connectivity index (χ0) is 23.9. The maximum Gasteiger partial charge on any atom is 0.270 e. The van der Waals surface area contributed by atoms with Crippen molar-refractivity contribution in [2.24, 2.45) is 0 Å². The molecule has 2 amide bonds. The fraction of sp³-hybridized carbons (Fsp3) is 0.160. The average molecular weight is 482 g/mol. The van der Waals surface area contributed by atoms with E-state index in [9.17, 15) is 14.0 Å². The average Bonchev–Trinajstić information content (AvgIpc) is 3.05. The van der Waals surface area contributed by atoms with E-state index in [4.69, 9.17) is 23.8 Å². The Morgan fingerprint density at radius 2 is 1.70 bits per heavy atom. The van der Waals surface area contributed by atoms with E-state index in [0.717, 1.165) is 11.4 Å². The van der Waals surface area contributed by atoms with Crippen molar-refractivity contribution in [3.63, 3.8) is 0 Å². The Kier molecular flexibility index (Phi) is 6.19. The highest BCUT2D eigenvalue weighted by Crippen LogP contribution is 2.29. The van der Waals surface area contributed by atoms with Gasteiger partial charge < -0.3 is 4.57 Å². The van der Waals surface area contributed by atoms with Gasteiger partial charge in [0.15, 0.2) is 5.11 Å². The van der Waals surface area contributed by atoms with Gasteiger partial charge in [-0.1, -0.05) is 17.7 Å². The van der Waals surface area contributed by atoms with Crippen molar-refractivity contribution >= 4 is 52.5 Å². The van der Waals surface area contributed by atoms with Gasteiger partial charge in [-0.25, -0.2) is 4.39 Å². The molecule has 0 unspecified atom stereocenters. The van der Waals surface area contributed by atoms with Crippen LogP contribution >= 0.6 is 23.8 Å². The standard InChI is InChI=1S/C25H21ClFN3O2S/c1-4-28-23(31)22(24(32)30(25(28)33)20-10-8-18(26)9-11-20)13-17-12-15(2)29(16(17)3)21-7-5-6-19(27)14-21/h5-14H,4H2,1-3H3/b22-13+. The van der Waals surface area contributed by atoms with Crippen molar-refractivity contribution in [1.82, 2.24) is 9.47 Å². The number of hydrogen-bond acceptors (Lipinski definition) is 3. The first-order valence-corrected chi connectivity index (χ1v) is 11.1. The third-order valence-electron chi connectivity index (χ3n) is 5.57. The second kappa shape index (κ2) is 8.92. The molecule has 4 rings (SSSR count). The second-order valence-electron chi connectivity index (χ2n) is 7.65. The SMILES string of the molecule is CCN1C(=O)/C(=C\c2cc(C)n(-c3cccc(F)c3)c2C)C(=O)N(c2ccc(Cl)cc2)C1=S. The van der Waals surface area contributed by atoms with E-state index in [2.05, 4.69) is 0 Å². The van der Waals surface area contributed by atoms with Crippen molar-refractivity contribution < 1.29 is 14.0 Å². The number of carbonyl (C=O) groups excluding carboxylic acids is 2. The molecule has 1 aromatic heterocycles. The summed E-state index contributed by atoms with van der Waals surface area (Å²) < 4.78 is 15.7. The van der Waals surface area contributed by atoms with Gasteiger partial charge >= 0.3 is 0 Å². The molecule has 1 aliphatic heterocycles. The van der Waals surface area contributed by atoms with E-state index in [1.54, 1.807) is 49.4 Å². The molecule has 2 heterocycles. The van der Waals surface area contributed by atoms with Crippen LogP contribution in [0.25, 0.3) is 11.8 Å². The number of rotatable bonds is 4. The zero-order valence-electron chi connectivity index (χ0n) is 18.3. The molecule has 168 valence electrons. The summed E-state index contributed by atoms with van der Waals surface area (Å²) in [5.41, 5.74) is 3.50. The lowest BCUT2D eigenvalue weighted by atomic mass is 10.1. The normalized spacial score (nSPS) is 15.7. The Hall–Kier alpha value is -3.29. The molecule has 33 heavy (non-hydrogen) atoms. The Morgan fingerprint density at radius 3 is 2.33 bits per heavy atom. The van der Waals surface area contributed by atoms with Gasteiger partial charge in [0.1, 0.15) is 11.4 Å². The molecular weight excluding hydrogens is 461 g/mol. The number of halogens is 2. The number of aromatic nitrogens is 1. The molecule has 0 saturated carbocycles. The van der Waals surface area contributed by atoms with E-state index < -0.39 is 11.8 Å². The maximum absolute atomic E-state index is 13.8. The van der Waals surface area contributed by atoms with Gasteiger partial charge in [-0.3, -0.25) is 19.4 Å². The number of amides is 2. The smallest absolute Gasteiger partial charge is 0.270 e. The number of carbonyl (C=O) groups is 2. The Labute approximate surface area is 201 Å². The van der Waals surface area contributed by atoms with E-state index in [0.29, 0.717) is 28.5 Å². The van der Waals surface area contributed by atoms with E-state index >= 15 is 0 Å². The van der Waals surface area contributed by atoms with Crippen molar-refractivity contribution in [3.05, 3.63) is 88.0 Å².